The summed E-state index contributed by atoms with van der Waals surface area (Å²) in [7, 11) is 1.61. The molecule has 0 aliphatic rings. The summed E-state index contributed by atoms with van der Waals surface area (Å²) in [6.07, 6.45) is 3.57. The minimum atomic E-state index is -0.0935. The summed E-state index contributed by atoms with van der Waals surface area (Å²) in [6.45, 7) is 9.31. The summed E-state index contributed by atoms with van der Waals surface area (Å²) in [5, 5.41) is 9.13. The Kier molecular flexibility index (Phi) is 12.8. The van der Waals surface area contributed by atoms with E-state index >= 15 is 0 Å². The highest BCUT2D eigenvalue weighted by atomic mass is 16.5. The lowest BCUT2D eigenvalue weighted by atomic mass is 10.1. The molecule has 0 aliphatic carbocycles. The predicted molar refractivity (Wildman–Crippen MR) is 87.6 cm³/mol. The van der Waals surface area contributed by atoms with E-state index < -0.39 is 0 Å². The number of unbranched alkanes of at least 4 members (excludes halogenated alkanes) is 1. The monoisotopic (exact) mass is 300 g/mol. The molecule has 0 fully saturated rings. The zero-order chi connectivity index (χ0) is 15.9. The van der Waals surface area contributed by atoms with E-state index in [1.807, 2.05) is 6.92 Å². The molecule has 0 radical (unpaired) electrons. The van der Waals surface area contributed by atoms with Gasteiger partial charge in [0.15, 0.2) is 5.96 Å². The molecule has 0 bridgehead atoms. The Hall–Kier alpha value is -1.30. The van der Waals surface area contributed by atoms with Crippen LogP contribution in [0.3, 0.4) is 0 Å². The number of hydrogen-bond acceptors (Lipinski definition) is 3. The fraction of sp³-hybridized carbons (Fsp3) is 0.867. The Morgan fingerprint density at radius 1 is 1.14 bits per heavy atom. The molecule has 3 N–H and O–H groups in total. The van der Waals surface area contributed by atoms with Crippen LogP contribution in [0.25, 0.3) is 0 Å². The van der Waals surface area contributed by atoms with Gasteiger partial charge in [-0.25, -0.2) is 4.99 Å². The Morgan fingerprint density at radius 2 is 1.90 bits per heavy atom. The Balaban J connectivity index is 3.92. The standard InChI is InChI=1S/C15H32N4O2/c1-5-16-15(18-9-7-6-8-13(2)3)19-12-14(20)17-10-11-21-4/h13H,5-12H2,1-4H3,(H,17,20)(H2,16,18,19). The third-order valence-corrected chi connectivity index (χ3v) is 2.85. The average molecular weight is 300 g/mol. The quantitative estimate of drug-likeness (QED) is 0.304. The van der Waals surface area contributed by atoms with E-state index in [1.165, 1.54) is 12.8 Å². The highest BCUT2D eigenvalue weighted by Crippen LogP contribution is 2.04. The molecule has 6 heteroatoms. The number of aliphatic imine (C=N–C) groups is 1. The second-order valence-electron chi connectivity index (χ2n) is 5.35. The molecule has 0 spiro atoms. The fourth-order valence-corrected chi connectivity index (χ4v) is 1.73. The summed E-state index contributed by atoms with van der Waals surface area (Å²) in [5.74, 6) is 1.36. The van der Waals surface area contributed by atoms with Gasteiger partial charge in [0, 0.05) is 26.7 Å². The van der Waals surface area contributed by atoms with Crippen molar-refractivity contribution in [3.63, 3.8) is 0 Å². The van der Waals surface area contributed by atoms with Crippen LogP contribution in [0.2, 0.25) is 0 Å². The van der Waals surface area contributed by atoms with Crippen LogP contribution in [0.4, 0.5) is 0 Å². The molecular weight excluding hydrogens is 268 g/mol. The molecule has 0 heterocycles. The van der Waals surface area contributed by atoms with Crippen LogP contribution in [0.15, 0.2) is 4.99 Å². The van der Waals surface area contributed by atoms with Gasteiger partial charge in [-0.1, -0.05) is 26.7 Å². The molecule has 0 saturated heterocycles. The highest BCUT2D eigenvalue weighted by Gasteiger charge is 2.01. The molecule has 0 atom stereocenters. The van der Waals surface area contributed by atoms with Gasteiger partial charge in [0.1, 0.15) is 6.54 Å². The molecule has 0 unspecified atom stereocenters. The van der Waals surface area contributed by atoms with Gasteiger partial charge in [0.05, 0.1) is 6.61 Å². The number of rotatable bonds is 11. The van der Waals surface area contributed by atoms with E-state index in [0.717, 1.165) is 25.4 Å². The first kappa shape index (κ1) is 19.7. The van der Waals surface area contributed by atoms with Crippen LogP contribution < -0.4 is 16.0 Å². The van der Waals surface area contributed by atoms with Crippen molar-refractivity contribution in [3.8, 4) is 0 Å². The number of nitrogens with zero attached hydrogens (tertiary/aromatic N) is 1. The topological polar surface area (TPSA) is 74.8 Å². The third-order valence-electron chi connectivity index (χ3n) is 2.85. The minimum Gasteiger partial charge on any atom is -0.383 e. The maximum Gasteiger partial charge on any atom is 0.241 e. The van der Waals surface area contributed by atoms with Crippen LogP contribution in [-0.4, -0.2) is 51.8 Å². The molecule has 1 amide bonds. The van der Waals surface area contributed by atoms with Crippen molar-refractivity contribution in [1.29, 1.82) is 0 Å². The number of methoxy groups -OCH3 is 1. The van der Waals surface area contributed by atoms with Gasteiger partial charge in [0.25, 0.3) is 0 Å². The number of ether oxygens (including phenoxy) is 1. The number of nitrogens with one attached hydrogen (secondary N) is 3. The van der Waals surface area contributed by atoms with E-state index in [4.69, 9.17) is 4.74 Å². The number of amides is 1. The molecule has 0 aliphatic heterocycles. The molecule has 6 nitrogen and oxygen atoms in total. The fourth-order valence-electron chi connectivity index (χ4n) is 1.73. The van der Waals surface area contributed by atoms with Crippen molar-refractivity contribution in [2.75, 3.05) is 39.9 Å². The van der Waals surface area contributed by atoms with E-state index in [2.05, 4.69) is 34.8 Å². The third kappa shape index (κ3) is 13.4. The summed E-state index contributed by atoms with van der Waals surface area (Å²) < 4.78 is 4.87. The lowest BCUT2D eigenvalue weighted by Crippen LogP contribution is -2.39. The van der Waals surface area contributed by atoms with E-state index in [0.29, 0.717) is 19.1 Å². The Bertz CT molecular complexity index is 293. The second kappa shape index (κ2) is 13.7. The SMILES string of the molecule is CCNC(=NCC(=O)NCCOC)NCCCCC(C)C. The lowest BCUT2D eigenvalue weighted by molar-refractivity contribution is -0.119. The number of carbonyl (C=O) groups excluding carboxylic acids is 1. The lowest BCUT2D eigenvalue weighted by Gasteiger charge is -2.11. The maximum atomic E-state index is 11.5. The molecule has 0 rings (SSSR count). The largest absolute Gasteiger partial charge is 0.383 e. The number of carbonyl (C=O) groups is 1. The molecule has 0 aromatic heterocycles. The molecule has 0 aromatic carbocycles. The van der Waals surface area contributed by atoms with Gasteiger partial charge in [-0.05, 0) is 19.3 Å². The molecule has 0 aromatic rings. The second-order valence-corrected chi connectivity index (χ2v) is 5.35. The van der Waals surface area contributed by atoms with Crippen LogP contribution in [0.5, 0.6) is 0 Å². The van der Waals surface area contributed by atoms with Crippen LogP contribution >= 0.6 is 0 Å². The summed E-state index contributed by atoms with van der Waals surface area (Å²) in [6, 6.07) is 0. The summed E-state index contributed by atoms with van der Waals surface area (Å²) in [4.78, 5) is 15.8. The van der Waals surface area contributed by atoms with E-state index in [-0.39, 0.29) is 12.5 Å². The van der Waals surface area contributed by atoms with Crippen LogP contribution in [0.1, 0.15) is 40.0 Å². The van der Waals surface area contributed by atoms with Crippen molar-refractivity contribution in [1.82, 2.24) is 16.0 Å². The summed E-state index contributed by atoms with van der Waals surface area (Å²) in [5.41, 5.74) is 0. The van der Waals surface area contributed by atoms with Gasteiger partial charge in [-0.15, -0.1) is 0 Å². The van der Waals surface area contributed by atoms with Crippen LogP contribution in [-0.2, 0) is 9.53 Å². The molecule has 124 valence electrons. The van der Waals surface area contributed by atoms with Crippen molar-refractivity contribution < 1.29 is 9.53 Å². The normalized spacial score (nSPS) is 11.6. The van der Waals surface area contributed by atoms with Gasteiger partial charge in [0.2, 0.25) is 5.91 Å². The summed E-state index contributed by atoms with van der Waals surface area (Å²) >= 11 is 0. The Morgan fingerprint density at radius 3 is 2.52 bits per heavy atom. The predicted octanol–water partition coefficient (Wildman–Crippen LogP) is 1.13. The van der Waals surface area contributed by atoms with Crippen molar-refractivity contribution >= 4 is 11.9 Å². The van der Waals surface area contributed by atoms with Crippen molar-refractivity contribution in [2.24, 2.45) is 10.9 Å². The average Bonchev–Trinajstić information content (AvgIpc) is 2.44. The van der Waals surface area contributed by atoms with Gasteiger partial charge in [-0.3, -0.25) is 4.79 Å². The Labute approximate surface area is 129 Å². The van der Waals surface area contributed by atoms with Crippen LogP contribution in [0, 0.1) is 5.92 Å². The molecular formula is C15H32N4O2. The number of hydrogen-bond donors (Lipinski definition) is 3. The maximum absolute atomic E-state index is 11.5. The smallest absolute Gasteiger partial charge is 0.241 e. The first-order valence-electron chi connectivity index (χ1n) is 7.88. The first-order valence-corrected chi connectivity index (χ1v) is 7.88. The van der Waals surface area contributed by atoms with E-state index in [1.54, 1.807) is 7.11 Å². The van der Waals surface area contributed by atoms with Gasteiger partial charge < -0.3 is 20.7 Å². The van der Waals surface area contributed by atoms with E-state index in [9.17, 15) is 4.79 Å². The first-order chi connectivity index (χ1) is 10.1. The molecule has 0 saturated carbocycles. The zero-order valence-electron chi connectivity index (χ0n) is 14.0. The van der Waals surface area contributed by atoms with Crippen molar-refractivity contribution in [3.05, 3.63) is 0 Å². The zero-order valence-corrected chi connectivity index (χ0v) is 14.0. The molecule has 21 heavy (non-hydrogen) atoms. The van der Waals surface area contributed by atoms with Crippen molar-refractivity contribution in [2.45, 2.75) is 40.0 Å². The number of guanidine groups is 1. The highest BCUT2D eigenvalue weighted by molar-refractivity contribution is 5.84. The van der Waals surface area contributed by atoms with Gasteiger partial charge >= 0.3 is 0 Å². The minimum absolute atomic E-state index is 0.0935. The van der Waals surface area contributed by atoms with Gasteiger partial charge in [-0.2, -0.15) is 0 Å².